The molecule has 3 heteroatoms. The summed E-state index contributed by atoms with van der Waals surface area (Å²) < 4.78 is 5.41. The summed E-state index contributed by atoms with van der Waals surface area (Å²) in [6.45, 7) is 5.47. The fourth-order valence-electron chi connectivity index (χ4n) is 3.05. The van der Waals surface area contributed by atoms with Gasteiger partial charge in [-0.3, -0.25) is 4.90 Å². The van der Waals surface area contributed by atoms with Gasteiger partial charge in [0.25, 0.3) is 0 Å². The third-order valence-electron chi connectivity index (χ3n) is 4.21. The summed E-state index contributed by atoms with van der Waals surface area (Å²) >= 11 is 0. The first kappa shape index (κ1) is 14.9. The number of rotatable bonds is 5. The van der Waals surface area contributed by atoms with Crippen molar-refractivity contribution in [3.05, 3.63) is 29.3 Å². The van der Waals surface area contributed by atoms with Crippen LogP contribution in [0.25, 0.3) is 0 Å². The minimum atomic E-state index is 0.710. The summed E-state index contributed by atoms with van der Waals surface area (Å²) in [5.41, 5.74) is 1.84. The predicted molar refractivity (Wildman–Crippen MR) is 80.6 cm³/mol. The van der Waals surface area contributed by atoms with E-state index in [2.05, 4.69) is 17.9 Å². The van der Waals surface area contributed by atoms with Crippen LogP contribution in [-0.4, -0.2) is 25.1 Å². The zero-order valence-corrected chi connectivity index (χ0v) is 12.6. The molecule has 2 rings (SSSR count). The van der Waals surface area contributed by atoms with Crippen LogP contribution in [0.15, 0.2) is 18.2 Å². The van der Waals surface area contributed by atoms with E-state index < -0.39 is 0 Å². The van der Waals surface area contributed by atoms with Crippen LogP contribution >= 0.6 is 0 Å². The van der Waals surface area contributed by atoms with Gasteiger partial charge in [-0.15, -0.1) is 0 Å². The second-order valence-corrected chi connectivity index (χ2v) is 5.65. The second kappa shape index (κ2) is 7.31. The first-order valence-electron chi connectivity index (χ1n) is 7.56. The van der Waals surface area contributed by atoms with Crippen LogP contribution in [0, 0.1) is 17.2 Å². The molecule has 0 unspecified atom stereocenters. The largest absolute Gasteiger partial charge is 0.496 e. The summed E-state index contributed by atoms with van der Waals surface area (Å²) in [6.07, 6.45) is 5.26. The number of hydrogen-bond acceptors (Lipinski definition) is 3. The standard InChI is InChI=1S/C17H24N2O/c1-3-4-14-7-9-19(10-8-14)13-16-11-15(12-18)5-6-17(16)20-2/h5-6,11,14H,3-4,7-10,13H2,1-2H3. The Balaban J connectivity index is 1.98. The summed E-state index contributed by atoms with van der Waals surface area (Å²) in [6, 6.07) is 7.88. The van der Waals surface area contributed by atoms with E-state index in [9.17, 15) is 0 Å². The molecule has 108 valence electrons. The molecular formula is C17H24N2O. The van der Waals surface area contributed by atoms with Crippen LogP contribution in [0.2, 0.25) is 0 Å². The molecule has 0 bridgehead atoms. The molecule has 1 aliphatic rings. The van der Waals surface area contributed by atoms with Gasteiger partial charge < -0.3 is 4.74 Å². The highest BCUT2D eigenvalue weighted by atomic mass is 16.5. The molecule has 0 aliphatic carbocycles. The summed E-state index contributed by atoms with van der Waals surface area (Å²) in [5, 5.41) is 9.02. The van der Waals surface area contributed by atoms with E-state index in [0.717, 1.165) is 36.9 Å². The van der Waals surface area contributed by atoms with Gasteiger partial charge in [-0.05, 0) is 50.0 Å². The Bertz CT molecular complexity index is 470. The molecule has 0 aromatic heterocycles. The first-order chi connectivity index (χ1) is 9.76. The van der Waals surface area contributed by atoms with E-state index in [1.165, 1.54) is 25.7 Å². The molecule has 1 heterocycles. The molecule has 0 N–H and O–H groups in total. The highest BCUT2D eigenvalue weighted by Gasteiger charge is 2.19. The molecule has 20 heavy (non-hydrogen) atoms. The molecule has 1 fully saturated rings. The Hall–Kier alpha value is -1.53. The number of likely N-dealkylation sites (tertiary alicyclic amines) is 1. The van der Waals surface area contributed by atoms with Gasteiger partial charge in [-0.2, -0.15) is 5.26 Å². The molecular weight excluding hydrogens is 248 g/mol. The maximum absolute atomic E-state index is 9.02. The van der Waals surface area contributed by atoms with Gasteiger partial charge in [0.1, 0.15) is 5.75 Å². The topological polar surface area (TPSA) is 36.3 Å². The average molecular weight is 272 g/mol. The molecule has 1 aliphatic heterocycles. The molecule has 1 aromatic carbocycles. The van der Waals surface area contributed by atoms with Crippen molar-refractivity contribution >= 4 is 0 Å². The van der Waals surface area contributed by atoms with Crippen molar-refractivity contribution in [2.75, 3.05) is 20.2 Å². The Morgan fingerprint density at radius 1 is 1.35 bits per heavy atom. The van der Waals surface area contributed by atoms with Crippen LogP contribution in [-0.2, 0) is 6.54 Å². The van der Waals surface area contributed by atoms with E-state index in [4.69, 9.17) is 10.00 Å². The van der Waals surface area contributed by atoms with E-state index in [0.29, 0.717) is 5.56 Å². The Kier molecular flexibility index (Phi) is 5.43. The lowest BCUT2D eigenvalue weighted by Crippen LogP contribution is -2.33. The van der Waals surface area contributed by atoms with Gasteiger partial charge in [0.15, 0.2) is 0 Å². The molecule has 3 nitrogen and oxygen atoms in total. The molecule has 0 atom stereocenters. The van der Waals surface area contributed by atoms with Gasteiger partial charge in [0.2, 0.25) is 0 Å². The number of piperidine rings is 1. The molecule has 0 amide bonds. The third-order valence-corrected chi connectivity index (χ3v) is 4.21. The van der Waals surface area contributed by atoms with Crippen LogP contribution in [0.3, 0.4) is 0 Å². The van der Waals surface area contributed by atoms with Crippen molar-refractivity contribution in [2.24, 2.45) is 5.92 Å². The fourth-order valence-corrected chi connectivity index (χ4v) is 3.05. The highest BCUT2D eigenvalue weighted by Crippen LogP contribution is 2.26. The monoisotopic (exact) mass is 272 g/mol. The van der Waals surface area contributed by atoms with Gasteiger partial charge in [-0.25, -0.2) is 0 Å². The first-order valence-corrected chi connectivity index (χ1v) is 7.56. The Morgan fingerprint density at radius 2 is 2.10 bits per heavy atom. The summed E-state index contributed by atoms with van der Waals surface area (Å²) in [7, 11) is 1.69. The number of methoxy groups -OCH3 is 1. The quantitative estimate of drug-likeness (QED) is 0.822. The van der Waals surface area contributed by atoms with Gasteiger partial charge >= 0.3 is 0 Å². The number of hydrogen-bond donors (Lipinski definition) is 0. The molecule has 0 radical (unpaired) electrons. The van der Waals surface area contributed by atoms with Crippen molar-refractivity contribution in [1.82, 2.24) is 4.90 Å². The van der Waals surface area contributed by atoms with Crippen LogP contribution < -0.4 is 4.74 Å². The molecule has 0 spiro atoms. The average Bonchev–Trinajstić information content (AvgIpc) is 2.49. The Labute approximate surface area is 122 Å². The van der Waals surface area contributed by atoms with Gasteiger partial charge in [0, 0.05) is 12.1 Å². The lowest BCUT2D eigenvalue weighted by atomic mass is 9.92. The molecule has 1 aromatic rings. The minimum Gasteiger partial charge on any atom is -0.496 e. The van der Waals surface area contributed by atoms with Gasteiger partial charge in [0.05, 0.1) is 18.7 Å². The number of ether oxygens (including phenoxy) is 1. The smallest absolute Gasteiger partial charge is 0.123 e. The zero-order valence-electron chi connectivity index (χ0n) is 12.6. The molecule has 0 saturated carbocycles. The molecule has 1 saturated heterocycles. The number of nitriles is 1. The lowest BCUT2D eigenvalue weighted by molar-refractivity contribution is 0.170. The maximum Gasteiger partial charge on any atom is 0.123 e. The van der Waals surface area contributed by atoms with Crippen molar-refractivity contribution in [3.63, 3.8) is 0 Å². The highest BCUT2D eigenvalue weighted by molar-refractivity contribution is 5.42. The van der Waals surface area contributed by atoms with Crippen molar-refractivity contribution in [3.8, 4) is 11.8 Å². The number of benzene rings is 1. The van der Waals surface area contributed by atoms with Gasteiger partial charge in [-0.1, -0.05) is 19.8 Å². The zero-order chi connectivity index (χ0) is 14.4. The Morgan fingerprint density at radius 3 is 2.70 bits per heavy atom. The lowest BCUT2D eigenvalue weighted by Gasteiger charge is -2.32. The van der Waals surface area contributed by atoms with E-state index in [1.54, 1.807) is 7.11 Å². The van der Waals surface area contributed by atoms with Crippen LogP contribution in [0.1, 0.15) is 43.7 Å². The maximum atomic E-state index is 9.02. The van der Waals surface area contributed by atoms with Crippen LogP contribution in [0.5, 0.6) is 5.75 Å². The van der Waals surface area contributed by atoms with E-state index in [-0.39, 0.29) is 0 Å². The van der Waals surface area contributed by atoms with Crippen molar-refractivity contribution in [1.29, 1.82) is 5.26 Å². The van der Waals surface area contributed by atoms with Crippen molar-refractivity contribution < 1.29 is 4.74 Å². The summed E-state index contributed by atoms with van der Waals surface area (Å²) in [4.78, 5) is 2.48. The normalized spacial score (nSPS) is 16.9. The SMILES string of the molecule is CCCC1CCN(Cc2cc(C#N)ccc2OC)CC1. The van der Waals surface area contributed by atoms with Crippen molar-refractivity contribution in [2.45, 2.75) is 39.2 Å². The second-order valence-electron chi connectivity index (χ2n) is 5.65. The third kappa shape index (κ3) is 3.74. The van der Waals surface area contributed by atoms with E-state index >= 15 is 0 Å². The summed E-state index contributed by atoms with van der Waals surface area (Å²) in [5.74, 6) is 1.79. The predicted octanol–water partition coefficient (Wildman–Crippen LogP) is 3.58. The van der Waals surface area contributed by atoms with Crippen LogP contribution in [0.4, 0.5) is 0 Å². The minimum absolute atomic E-state index is 0.710. The van der Waals surface area contributed by atoms with E-state index in [1.807, 2.05) is 18.2 Å². The number of nitrogens with zero attached hydrogens (tertiary/aromatic N) is 2. The fraction of sp³-hybridized carbons (Fsp3) is 0.588.